The predicted octanol–water partition coefficient (Wildman–Crippen LogP) is 3.63. The first kappa shape index (κ1) is 16.5. The standard InChI is InChI=1S/C18H24O4/c1-4-21-17(20)18(2,3)22-14-11-9-13(10-12-14)15-7-5-6-8-16(15)19/h9-12,15H,4-8H2,1-3H3. The number of Topliss-reactive ketones (excluding diaryl/α,β-unsaturated/α-hetero) is 1. The van der Waals surface area contributed by atoms with Gasteiger partial charge >= 0.3 is 5.97 Å². The summed E-state index contributed by atoms with van der Waals surface area (Å²) in [5.41, 5.74) is 0.00375. The minimum atomic E-state index is -1.03. The third-order valence-corrected chi connectivity index (χ3v) is 3.98. The Morgan fingerprint density at radius 2 is 1.91 bits per heavy atom. The third kappa shape index (κ3) is 3.87. The summed E-state index contributed by atoms with van der Waals surface area (Å²) in [6, 6.07) is 7.48. The maximum absolute atomic E-state index is 12.0. The Hall–Kier alpha value is -1.84. The lowest BCUT2D eigenvalue weighted by Gasteiger charge is -2.25. The number of carbonyl (C=O) groups is 2. The molecule has 1 unspecified atom stereocenters. The van der Waals surface area contributed by atoms with E-state index in [0.717, 1.165) is 24.8 Å². The van der Waals surface area contributed by atoms with Crippen molar-refractivity contribution in [2.45, 2.75) is 58.0 Å². The molecule has 0 amide bonds. The molecule has 0 bridgehead atoms. The molecule has 0 saturated heterocycles. The van der Waals surface area contributed by atoms with Gasteiger partial charge < -0.3 is 9.47 Å². The summed E-state index contributed by atoms with van der Waals surface area (Å²) in [7, 11) is 0. The Labute approximate surface area is 131 Å². The second-order valence-electron chi connectivity index (χ2n) is 6.17. The molecular formula is C18H24O4. The molecule has 1 aromatic rings. The van der Waals surface area contributed by atoms with Gasteiger partial charge in [0.05, 0.1) is 6.61 Å². The van der Waals surface area contributed by atoms with Crippen molar-refractivity contribution in [3.05, 3.63) is 29.8 Å². The lowest BCUT2D eigenvalue weighted by molar-refractivity contribution is -0.158. The molecule has 1 saturated carbocycles. The summed E-state index contributed by atoms with van der Waals surface area (Å²) < 4.78 is 10.7. The average molecular weight is 304 g/mol. The van der Waals surface area contributed by atoms with Crippen molar-refractivity contribution in [1.82, 2.24) is 0 Å². The Kier molecular flexibility index (Phi) is 5.22. The van der Waals surface area contributed by atoms with Crippen molar-refractivity contribution in [3.63, 3.8) is 0 Å². The third-order valence-electron chi connectivity index (χ3n) is 3.98. The Morgan fingerprint density at radius 1 is 1.23 bits per heavy atom. The number of benzene rings is 1. The fraction of sp³-hybridized carbons (Fsp3) is 0.556. The highest BCUT2D eigenvalue weighted by molar-refractivity contribution is 5.86. The molecule has 0 aliphatic heterocycles. The van der Waals surface area contributed by atoms with Gasteiger partial charge in [-0.2, -0.15) is 0 Å². The van der Waals surface area contributed by atoms with E-state index in [2.05, 4.69) is 0 Å². The van der Waals surface area contributed by atoms with E-state index in [1.165, 1.54) is 0 Å². The number of rotatable bonds is 5. The van der Waals surface area contributed by atoms with Gasteiger partial charge in [0, 0.05) is 12.3 Å². The topological polar surface area (TPSA) is 52.6 Å². The van der Waals surface area contributed by atoms with Gasteiger partial charge in [-0.25, -0.2) is 4.79 Å². The maximum Gasteiger partial charge on any atom is 0.349 e. The van der Waals surface area contributed by atoms with Gasteiger partial charge in [0.2, 0.25) is 0 Å². The molecule has 0 aromatic heterocycles. The molecule has 0 spiro atoms. The molecule has 0 heterocycles. The van der Waals surface area contributed by atoms with E-state index in [0.29, 0.717) is 24.6 Å². The zero-order valence-electron chi connectivity index (χ0n) is 13.6. The van der Waals surface area contributed by atoms with Crippen LogP contribution in [0.5, 0.6) is 5.75 Å². The number of ether oxygens (including phenoxy) is 2. The molecule has 120 valence electrons. The van der Waals surface area contributed by atoms with Crippen molar-refractivity contribution in [1.29, 1.82) is 0 Å². The average Bonchev–Trinajstić information content (AvgIpc) is 2.49. The predicted molar refractivity (Wildman–Crippen MR) is 84.0 cm³/mol. The van der Waals surface area contributed by atoms with Crippen LogP contribution in [0, 0.1) is 0 Å². The molecule has 1 aromatic carbocycles. The summed E-state index contributed by atoms with van der Waals surface area (Å²) in [5, 5.41) is 0. The van der Waals surface area contributed by atoms with Crippen molar-refractivity contribution in [3.8, 4) is 5.75 Å². The number of hydrogen-bond acceptors (Lipinski definition) is 4. The monoisotopic (exact) mass is 304 g/mol. The number of hydrogen-bond donors (Lipinski definition) is 0. The first-order valence-corrected chi connectivity index (χ1v) is 7.93. The van der Waals surface area contributed by atoms with E-state index in [-0.39, 0.29) is 11.9 Å². The van der Waals surface area contributed by atoms with Gasteiger partial charge in [-0.1, -0.05) is 18.6 Å². The van der Waals surface area contributed by atoms with E-state index in [1.54, 1.807) is 20.8 Å². The van der Waals surface area contributed by atoms with Crippen LogP contribution >= 0.6 is 0 Å². The van der Waals surface area contributed by atoms with Crippen LogP contribution in [0.2, 0.25) is 0 Å². The Bertz CT molecular complexity index is 531. The zero-order chi connectivity index (χ0) is 16.2. The van der Waals surface area contributed by atoms with Gasteiger partial charge in [-0.15, -0.1) is 0 Å². The van der Waals surface area contributed by atoms with Crippen LogP contribution in [0.3, 0.4) is 0 Å². The van der Waals surface area contributed by atoms with Crippen LogP contribution in [-0.4, -0.2) is 24.0 Å². The van der Waals surface area contributed by atoms with Crippen LogP contribution in [-0.2, 0) is 14.3 Å². The highest BCUT2D eigenvalue weighted by Gasteiger charge is 2.31. The molecule has 1 aliphatic carbocycles. The summed E-state index contributed by atoms with van der Waals surface area (Å²) in [5.74, 6) is 0.555. The largest absolute Gasteiger partial charge is 0.476 e. The first-order chi connectivity index (χ1) is 10.4. The molecule has 2 rings (SSSR count). The van der Waals surface area contributed by atoms with E-state index in [4.69, 9.17) is 9.47 Å². The Balaban J connectivity index is 2.05. The molecule has 4 heteroatoms. The highest BCUT2D eigenvalue weighted by atomic mass is 16.6. The van der Waals surface area contributed by atoms with Crippen molar-refractivity contribution < 1.29 is 19.1 Å². The van der Waals surface area contributed by atoms with Crippen LogP contribution in [0.25, 0.3) is 0 Å². The normalized spacial score (nSPS) is 18.9. The lowest BCUT2D eigenvalue weighted by atomic mass is 9.83. The van der Waals surface area contributed by atoms with Gasteiger partial charge in [-0.3, -0.25) is 4.79 Å². The van der Waals surface area contributed by atoms with Gasteiger partial charge in [0.15, 0.2) is 5.60 Å². The summed E-state index contributed by atoms with van der Waals surface area (Å²) in [4.78, 5) is 23.8. The minimum absolute atomic E-state index is 0.0147. The van der Waals surface area contributed by atoms with E-state index in [1.807, 2.05) is 24.3 Å². The van der Waals surface area contributed by atoms with E-state index < -0.39 is 5.60 Å². The van der Waals surface area contributed by atoms with Crippen LogP contribution in [0.4, 0.5) is 0 Å². The zero-order valence-corrected chi connectivity index (χ0v) is 13.6. The SMILES string of the molecule is CCOC(=O)C(C)(C)Oc1ccc(C2CCCCC2=O)cc1. The molecule has 1 fully saturated rings. The second-order valence-corrected chi connectivity index (χ2v) is 6.17. The van der Waals surface area contributed by atoms with Gasteiger partial charge in [-0.05, 0) is 51.3 Å². The van der Waals surface area contributed by atoms with Crippen LogP contribution in [0.1, 0.15) is 57.9 Å². The fourth-order valence-electron chi connectivity index (χ4n) is 2.74. The minimum Gasteiger partial charge on any atom is -0.476 e. The molecule has 0 radical (unpaired) electrons. The van der Waals surface area contributed by atoms with Crippen molar-refractivity contribution >= 4 is 11.8 Å². The maximum atomic E-state index is 12.0. The lowest BCUT2D eigenvalue weighted by Crippen LogP contribution is -2.39. The highest BCUT2D eigenvalue weighted by Crippen LogP contribution is 2.31. The first-order valence-electron chi connectivity index (χ1n) is 7.93. The fourth-order valence-corrected chi connectivity index (χ4v) is 2.74. The molecule has 1 aliphatic rings. The molecular weight excluding hydrogens is 280 g/mol. The van der Waals surface area contributed by atoms with Gasteiger partial charge in [0.25, 0.3) is 0 Å². The van der Waals surface area contributed by atoms with E-state index in [9.17, 15) is 9.59 Å². The van der Waals surface area contributed by atoms with Crippen LogP contribution in [0.15, 0.2) is 24.3 Å². The Morgan fingerprint density at radius 3 is 2.50 bits per heavy atom. The van der Waals surface area contributed by atoms with E-state index >= 15 is 0 Å². The number of esters is 1. The second kappa shape index (κ2) is 6.95. The quantitative estimate of drug-likeness (QED) is 0.779. The summed E-state index contributed by atoms with van der Waals surface area (Å²) in [6.07, 6.45) is 3.71. The molecule has 0 N–H and O–H groups in total. The molecule has 4 nitrogen and oxygen atoms in total. The number of carbonyl (C=O) groups excluding carboxylic acids is 2. The smallest absolute Gasteiger partial charge is 0.349 e. The van der Waals surface area contributed by atoms with Crippen molar-refractivity contribution in [2.75, 3.05) is 6.61 Å². The van der Waals surface area contributed by atoms with Gasteiger partial charge in [0.1, 0.15) is 11.5 Å². The van der Waals surface area contributed by atoms with Crippen LogP contribution < -0.4 is 4.74 Å². The molecule has 22 heavy (non-hydrogen) atoms. The summed E-state index contributed by atoms with van der Waals surface area (Å²) >= 11 is 0. The molecule has 1 atom stereocenters. The van der Waals surface area contributed by atoms with Crippen molar-refractivity contribution in [2.24, 2.45) is 0 Å². The summed E-state index contributed by atoms with van der Waals surface area (Å²) in [6.45, 7) is 5.46. The number of ketones is 1.